The number of allylic oxidation sites excluding steroid dienone is 4. The molecular formula is C15H20N2O2. The molecule has 102 valence electrons. The molecule has 0 radical (unpaired) electrons. The van der Waals surface area contributed by atoms with Crippen molar-refractivity contribution in [3.8, 4) is 5.88 Å². The van der Waals surface area contributed by atoms with E-state index in [1.807, 2.05) is 37.3 Å². The van der Waals surface area contributed by atoms with Crippen LogP contribution in [0.5, 0.6) is 5.88 Å². The molecule has 0 aromatic carbocycles. The molecule has 1 heterocycles. The molecule has 0 aliphatic carbocycles. The Bertz CT molecular complexity index is 493. The van der Waals surface area contributed by atoms with Crippen molar-refractivity contribution in [1.82, 2.24) is 4.98 Å². The second-order valence-corrected chi connectivity index (χ2v) is 4.07. The van der Waals surface area contributed by atoms with Gasteiger partial charge in [0, 0.05) is 12.1 Å². The molecule has 1 amide bonds. The Labute approximate surface area is 114 Å². The number of hydrogen-bond donors (Lipinski definition) is 1. The Balaban J connectivity index is 3.26. The molecule has 1 unspecified atom stereocenters. The van der Waals surface area contributed by atoms with Crippen molar-refractivity contribution in [2.24, 2.45) is 5.73 Å². The average molecular weight is 260 g/mol. The molecule has 1 aromatic heterocycles. The Morgan fingerprint density at radius 3 is 2.79 bits per heavy atom. The summed E-state index contributed by atoms with van der Waals surface area (Å²) in [6.45, 7) is 4.01. The van der Waals surface area contributed by atoms with E-state index in [1.165, 1.54) is 7.11 Å². The number of nitrogens with two attached hydrogens (primary N) is 1. The maximum Gasteiger partial charge on any atom is 0.254 e. The van der Waals surface area contributed by atoms with Crippen molar-refractivity contribution < 1.29 is 9.53 Å². The van der Waals surface area contributed by atoms with E-state index in [1.54, 1.807) is 6.20 Å². The fourth-order valence-corrected chi connectivity index (χ4v) is 1.94. The number of amides is 1. The molecule has 19 heavy (non-hydrogen) atoms. The van der Waals surface area contributed by atoms with Crippen molar-refractivity contribution >= 4 is 5.91 Å². The van der Waals surface area contributed by atoms with E-state index < -0.39 is 5.91 Å². The Morgan fingerprint density at radius 1 is 1.53 bits per heavy atom. The second kappa shape index (κ2) is 7.36. The van der Waals surface area contributed by atoms with E-state index >= 15 is 0 Å². The van der Waals surface area contributed by atoms with Crippen molar-refractivity contribution in [2.45, 2.75) is 26.2 Å². The van der Waals surface area contributed by atoms with Crippen LogP contribution in [0.15, 0.2) is 36.6 Å². The predicted octanol–water partition coefficient (Wildman–Crippen LogP) is 2.82. The van der Waals surface area contributed by atoms with Crippen molar-refractivity contribution in [3.05, 3.63) is 47.7 Å². The standard InChI is InChI=1S/C15H20N2O2/c1-4-6-7-8-11(5-2)12-9-10-17-15(19-3)13(12)14(16)18/h4,6-11H,5H2,1-3H3,(H2,16,18)/b6-4+,8-7+. The molecule has 0 saturated heterocycles. The van der Waals surface area contributed by atoms with Crippen LogP contribution in [0.25, 0.3) is 0 Å². The lowest BCUT2D eigenvalue weighted by Crippen LogP contribution is -2.17. The fraction of sp³-hybridized carbons (Fsp3) is 0.333. The first-order valence-electron chi connectivity index (χ1n) is 6.27. The summed E-state index contributed by atoms with van der Waals surface area (Å²) in [6.07, 6.45) is 10.4. The highest BCUT2D eigenvalue weighted by atomic mass is 16.5. The highest BCUT2D eigenvalue weighted by molar-refractivity contribution is 5.96. The van der Waals surface area contributed by atoms with Gasteiger partial charge in [0.1, 0.15) is 5.56 Å². The Kier molecular flexibility index (Phi) is 5.79. The number of methoxy groups -OCH3 is 1. The quantitative estimate of drug-likeness (QED) is 0.800. The zero-order chi connectivity index (χ0) is 14.3. The number of nitrogens with zero attached hydrogens (tertiary/aromatic N) is 1. The van der Waals surface area contributed by atoms with Crippen molar-refractivity contribution in [1.29, 1.82) is 0 Å². The highest BCUT2D eigenvalue weighted by Gasteiger charge is 2.19. The molecule has 1 rings (SSSR count). The van der Waals surface area contributed by atoms with Crippen LogP contribution in [0.3, 0.4) is 0 Å². The molecule has 4 heteroatoms. The van der Waals surface area contributed by atoms with Gasteiger partial charge in [0.05, 0.1) is 7.11 Å². The summed E-state index contributed by atoms with van der Waals surface area (Å²) < 4.78 is 5.12. The van der Waals surface area contributed by atoms with Gasteiger partial charge in [0.15, 0.2) is 0 Å². The van der Waals surface area contributed by atoms with Gasteiger partial charge < -0.3 is 10.5 Å². The number of primary amides is 1. The van der Waals surface area contributed by atoms with Crippen molar-refractivity contribution in [3.63, 3.8) is 0 Å². The first kappa shape index (κ1) is 15.0. The average Bonchev–Trinajstić information content (AvgIpc) is 2.42. The molecule has 0 aliphatic heterocycles. The molecule has 0 bridgehead atoms. The van der Waals surface area contributed by atoms with E-state index in [9.17, 15) is 4.79 Å². The van der Waals surface area contributed by atoms with Crippen LogP contribution >= 0.6 is 0 Å². The molecule has 1 aromatic rings. The third kappa shape index (κ3) is 3.68. The summed E-state index contributed by atoms with van der Waals surface area (Å²) in [5.41, 5.74) is 6.65. The van der Waals surface area contributed by atoms with Gasteiger partial charge in [0.2, 0.25) is 5.88 Å². The maximum absolute atomic E-state index is 11.6. The third-order valence-electron chi connectivity index (χ3n) is 2.87. The van der Waals surface area contributed by atoms with E-state index in [0.717, 1.165) is 12.0 Å². The number of aromatic nitrogens is 1. The Hall–Kier alpha value is -2.10. The summed E-state index contributed by atoms with van der Waals surface area (Å²) in [5, 5.41) is 0. The normalized spacial score (nSPS) is 13.0. The van der Waals surface area contributed by atoms with Crippen LogP contribution in [0.1, 0.15) is 42.1 Å². The lowest BCUT2D eigenvalue weighted by atomic mass is 9.92. The minimum absolute atomic E-state index is 0.107. The smallest absolute Gasteiger partial charge is 0.254 e. The first-order chi connectivity index (χ1) is 9.15. The molecule has 0 saturated carbocycles. The number of pyridine rings is 1. The summed E-state index contributed by atoms with van der Waals surface area (Å²) in [6, 6.07) is 1.82. The molecule has 1 atom stereocenters. The molecular weight excluding hydrogens is 240 g/mol. The van der Waals surface area contributed by atoms with Crippen LogP contribution in [0.2, 0.25) is 0 Å². The predicted molar refractivity (Wildman–Crippen MR) is 76.3 cm³/mol. The van der Waals surface area contributed by atoms with Gasteiger partial charge >= 0.3 is 0 Å². The van der Waals surface area contributed by atoms with Crippen LogP contribution in [0, 0.1) is 0 Å². The minimum Gasteiger partial charge on any atom is -0.480 e. The number of rotatable bonds is 6. The van der Waals surface area contributed by atoms with Gasteiger partial charge in [-0.25, -0.2) is 4.98 Å². The summed E-state index contributed by atoms with van der Waals surface area (Å²) >= 11 is 0. The van der Waals surface area contributed by atoms with E-state index in [-0.39, 0.29) is 11.8 Å². The van der Waals surface area contributed by atoms with E-state index in [2.05, 4.69) is 11.9 Å². The Morgan fingerprint density at radius 2 is 2.26 bits per heavy atom. The number of carbonyl (C=O) groups excluding carboxylic acids is 1. The van der Waals surface area contributed by atoms with Gasteiger partial charge in [-0.1, -0.05) is 31.2 Å². The SMILES string of the molecule is C/C=C/C=C/C(CC)c1ccnc(OC)c1C(N)=O. The monoisotopic (exact) mass is 260 g/mol. The lowest BCUT2D eigenvalue weighted by molar-refractivity contribution is 0.0995. The van der Waals surface area contributed by atoms with Crippen LogP contribution in [-0.4, -0.2) is 18.0 Å². The molecule has 0 aliphatic rings. The molecule has 0 fully saturated rings. The third-order valence-corrected chi connectivity index (χ3v) is 2.87. The van der Waals surface area contributed by atoms with Gasteiger partial charge in [-0.05, 0) is 25.0 Å². The van der Waals surface area contributed by atoms with E-state index in [4.69, 9.17) is 10.5 Å². The lowest BCUT2D eigenvalue weighted by Gasteiger charge is -2.15. The van der Waals surface area contributed by atoms with Gasteiger partial charge in [-0.3, -0.25) is 4.79 Å². The summed E-state index contributed by atoms with van der Waals surface area (Å²) in [4.78, 5) is 15.6. The fourth-order valence-electron chi connectivity index (χ4n) is 1.94. The summed E-state index contributed by atoms with van der Waals surface area (Å²) in [7, 11) is 1.48. The zero-order valence-corrected chi connectivity index (χ0v) is 11.6. The van der Waals surface area contributed by atoms with Crippen LogP contribution in [0.4, 0.5) is 0 Å². The maximum atomic E-state index is 11.6. The molecule has 4 nitrogen and oxygen atoms in total. The van der Waals surface area contributed by atoms with Gasteiger partial charge in [0.25, 0.3) is 5.91 Å². The minimum atomic E-state index is -0.516. The number of ether oxygens (including phenoxy) is 1. The molecule has 2 N–H and O–H groups in total. The van der Waals surface area contributed by atoms with E-state index in [0.29, 0.717) is 5.56 Å². The van der Waals surface area contributed by atoms with Crippen LogP contribution in [-0.2, 0) is 0 Å². The largest absolute Gasteiger partial charge is 0.480 e. The number of carbonyl (C=O) groups is 1. The first-order valence-corrected chi connectivity index (χ1v) is 6.27. The summed E-state index contributed by atoms with van der Waals surface area (Å²) in [5.74, 6) is -0.128. The van der Waals surface area contributed by atoms with Crippen molar-refractivity contribution in [2.75, 3.05) is 7.11 Å². The number of hydrogen-bond acceptors (Lipinski definition) is 3. The second-order valence-electron chi connectivity index (χ2n) is 4.07. The van der Waals surface area contributed by atoms with Gasteiger partial charge in [-0.2, -0.15) is 0 Å². The van der Waals surface area contributed by atoms with Gasteiger partial charge in [-0.15, -0.1) is 0 Å². The molecule has 0 spiro atoms. The topological polar surface area (TPSA) is 65.2 Å². The zero-order valence-electron chi connectivity index (χ0n) is 11.6. The highest BCUT2D eigenvalue weighted by Crippen LogP contribution is 2.28. The van der Waals surface area contributed by atoms with Crippen LogP contribution < -0.4 is 10.5 Å².